The minimum atomic E-state index is -0.462. The molecule has 0 aliphatic heterocycles. The number of hydrogen-bond donors (Lipinski definition) is 1. The first-order valence-corrected chi connectivity index (χ1v) is 14.3. The number of rotatable bonds is 9. The lowest BCUT2D eigenvalue weighted by molar-refractivity contribution is 0.186. The maximum Gasteiger partial charge on any atom is 0.253 e. The van der Waals surface area contributed by atoms with E-state index in [1.54, 1.807) is 6.20 Å². The summed E-state index contributed by atoms with van der Waals surface area (Å²) in [4.78, 5) is 23.7. The molecule has 204 valence electrons. The molecule has 1 N–H and O–H groups in total. The quantitative estimate of drug-likeness (QED) is 0.259. The third kappa shape index (κ3) is 5.58. The average Bonchev–Trinajstić information content (AvgIpc) is 3.48. The maximum absolute atomic E-state index is 13.8. The summed E-state index contributed by atoms with van der Waals surface area (Å²) in [6, 6.07) is 22.4. The van der Waals surface area contributed by atoms with Gasteiger partial charge in [-0.3, -0.25) is 14.7 Å². The first-order chi connectivity index (χ1) is 19.7. The first kappa shape index (κ1) is 26.1. The van der Waals surface area contributed by atoms with Crippen molar-refractivity contribution >= 4 is 10.9 Å². The van der Waals surface area contributed by atoms with Gasteiger partial charge in [-0.1, -0.05) is 68.7 Å². The average molecular weight is 534 g/mol. The van der Waals surface area contributed by atoms with E-state index < -0.39 is 6.04 Å². The first-order valence-electron chi connectivity index (χ1n) is 14.3. The molecule has 8 nitrogen and oxygen atoms in total. The molecule has 0 spiro atoms. The second-order valence-electron chi connectivity index (χ2n) is 10.8. The predicted octanol–water partition coefficient (Wildman–Crippen LogP) is 5.77. The summed E-state index contributed by atoms with van der Waals surface area (Å²) in [6.45, 7) is 3.34. The van der Waals surface area contributed by atoms with Crippen molar-refractivity contribution in [1.29, 1.82) is 0 Å². The Morgan fingerprint density at radius 1 is 0.950 bits per heavy atom. The molecule has 8 heteroatoms. The van der Waals surface area contributed by atoms with Gasteiger partial charge in [0.15, 0.2) is 5.82 Å². The number of hydrogen-bond acceptors (Lipinski definition) is 6. The van der Waals surface area contributed by atoms with Gasteiger partial charge in [-0.15, -0.1) is 5.10 Å². The molecule has 6 rings (SSSR count). The van der Waals surface area contributed by atoms with Gasteiger partial charge < -0.3 is 4.98 Å². The van der Waals surface area contributed by atoms with Crippen molar-refractivity contribution in [2.45, 2.75) is 70.6 Å². The van der Waals surface area contributed by atoms with E-state index in [1.165, 1.54) is 12.0 Å². The normalized spacial score (nSPS) is 15.1. The Hall–Kier alpha value is -4.17. The molecule has 1 aliphatic rings. The van der Waals surface area contributed by atoms with Crippen LogP contribution in [0.4, 0.5) is 0 Å². The van der Waals surface area contributed by atoms with Crippen LogP contribution in [0.25, 0.3) is 10.9 Å². The number of benzene rings is 2. The number of nitrogens with one attached hydrogen (secondary N) is 1. The number of tetrazole rings is 1. The molecule has 0 saturated heterocycles. The summed E-state index contributed by atoms with van der Waals surface area (Å²) in [6.07, 6.45) is 10.2. The zero-order valence-corrected chi connectivity index (χ0v) is 22.9. The summed E-state index contributed by atoms with van der Waals surface area (Å²) in [5.41, 5.74) is 4.80. The highest BCUT2D eigenvalue weighted by molar-refractivity contribution is 5.80. The van der Waals surface area contributed by atoms with Crippen LogP contribution >= 0.6 is 0 Å². The van der Waals surface area contributed by atoms with Crippen molar-refractivity contribution in [1.82, 2.24) is 35.1 Å². The van der Waals surface area contributed by atoms with Crippen LogP contribution in [0.2, 0.25) is 0 Å². The van der Waals surface area contributed by atoms with Gasteiger partial charge in [0.2, 0.25) is 0 Å². The van der Waals surface area contributed by atoms with Crippen LogP contribution < -0.4 is 5.56 Å². The molecule has 40 heavy (non-hydrogen) atoms. The summed E-state index contributed by atoms with van der Waals surface area (Å²) in [5.74, 6) is 0.711. The van der Waals surface area contributed by atoms with Crippen LogP contribution in [-0.4, -0.2) is 35.1 Å². The molecule has 3 heterocycles. The summed E-state index contributed by atoms with van der Waals surface area (Å²) in [5, 5.41) is 14.3. The van der Waals surface area contributed by atoms with E-state index in [2.05, 4.69) is 67.6 Å². The SMILES string of the molecule is CCc1ccc2[nH]c(=O)c(C(c3nnnn3C3CCCCC3)N(Cc3ccccc3)Cc3cccnc3)cc2c1. The monoisotopic (exact) mass is 533 g/mol. The van der Waals surface area contributed by atoms with Crippen LogP contribution in [0.5, 0.6) is 0 Å². The molecule has 1 unspecified atom stereocenters. The Morgan fingerprint density at radius 2 is 1.75 bits per heavy atom. The highest BCUT2D eigenvalue weighted by Gasteiger charge is 2.33. The number of H-pyrrole nitrogens is 1. The molecule has 1 atom stereocenters. The fourth-order valence-corrected chi connectivity index (χ4v) is 5.94. The number of fused-ring (bicyclic) bond motifs is 1. The van der Waals surface area contributed by atoms with Crippen LogP contribution in [0.1, 0.15) is 79.2 Å². The van der Waals surface area contributed by atoms with E-state index in [0.717, 1.165) is 54.1 Å². The van der Waals surface area contributed by atoms with Crippen LogP contribution in [-0.2, 0) is 19.5 Å². The minimum Gasteiger partial charge on any atom is -0.322 e. The lowest BCUT2D eigenvalue weighted by Gasteiger charge is -2.32. The minimum absolute atomic E-state index is 0.121. The Balaban J connectivity index is 1.53. The van der Waals surface area contributed by atoms with Crippen molar-refractivity contribution < 1.29 is 0 Å². The number of aromatic nitrogens is 6. The fourth-order valence-electron chi connectivity index (χ4n) is 5.94. The molecule has 0 bridgehead atoms. The van der Waals surface area contributed by atoms with Gasteiger partial charge in [0.25, 0.3) is 5.56 Å². The molecule has 5 aromatic rings. The Labute approximate surface area is 234 Å². The summed E-state index contributed by atoms with van der Waals surface area (Å²) in [7, 11) is 0. The zero-order valence-electron chi connectivity index (χ0n) is 22.9. The van der Waals surface area contributed by atoms with Gasteiger partial charge >= 0.3 is 0 Å². The summed E-state index contributed by atoms with van der Waals surface area (Å²) < 4.78 is 2.00. The second-order valence-corrected chi connectivity index (χ2v) is 10.8. The predicted molar refractivity (Wildman–Crippen MR) is 156 cm³/mol. The van der Waals surface area contributed by atoms with Crippen molar-refractivity contribution in [2.75, 3.05) is 0 Å². The van der Waals surface area contributed by atoms with Crippen molar-refractivity contribution in [2.24, 2.45) is 0 Å². The van der Waals surface area contributed by atoms with E-state index in [0.29, 0.717) is 24.5 Å². The van der Waals surface area contributed by atoms with Crippen LogP contribution in [0.15, 0.2) is 83.9 Å². The van der Waals surface area contributed by atoms with Crippen molar-refractivity contribution in [3.63, 3.8) is 0 Å². The number of nitrogens with zero attached hydrogens (tertiary/aromatic N) is 6. The van der Waals surface area contributed by atoms with Gasteiger partial charge in [-0.25, -0.2) is 4.68 Å². The molecule has 0 amide bonds. The Bertz CT molecular complexity index is 1570. The Kier molecular flexibility index (Phi) is 7.77. The van der Waals surface area contributed by atoms with Crippen molar-refractivity contribution in [3.05, 3.63) is 118 Å². The van der Waals surface area contributed by atoms with Crippen molar-refractivity contribution in [3.8, 4) is 0 Å². The van der Waals surface area contributed by atoms with E-state index >= 15 is 0 Å². The van der Waals surface area contributed by atoms with E-state index in [4.69, 9.17) is 0 Å². The molecule has 1 aliphatic carbocycles. The smallest absolute Gasteiger partial charge is 0.253 e. The second kappa shape index (κ2) is 11.9. The molecule has 1 saturated carbocycles. The largest absolute Gasteiger partial charge is 0.322 e. The highest BCUT2D eigenvalue weighted by Crippen LogP contribution is 2.34. The van der Waals surface area contributed by atoms with Crippen LogP contribution in [0.3, 0.4) is 0 Å². The van der Waals surface area contributed by atoms with Gasteiger partial charge in [-0.05, 0) is 76.0 Å². The third-order valence-electron chi connectivity index (χ3n) is 8.03. The topological polar surface area (TPSA) is 92.6 Å². The lowest BCUT2D eigenvalue weighted by Crippen LogP contribution is -2.35. The van der Waals surface area contributed by atoms with Gasteiger partial charge in [-0.2, -0.15) is 0 Å². The molecular formula is C32H35N7O. The highest BCUT2D eigenvalue weighted by atomic mass is 16.1. The molecule has 0 radical (unpaired) electrons. The number of aromatic amines is 1. The van der Waals surface area contributed by atoms with Gasteiger partial charge in [0, 0.05) is 36.6 Å². The zero-order chi connectivity index (χ0) is 27.3. The molecule has 2 aromatic carbocycles. The van der Waals surface area contributed by atoms with Gasteiger partial charge in [0.05, 0.1) is 6.04 Å². The molecule has 3 aromatic heterocycles. The third-order valence-corrected chi connectivity index (χ3v) is 8.03. The Morgan fingerprint density at radius 3 is 2.52 bits per heavy atom. The molecule has 1 fully saturated rings. The van der Waals surface area contributed by atoms with E-state index in [-0.39, 0.29) is 11.6 Å². The van der Waals surface area contributed by atoms with Crippen LogP contribution in [0, 0.1) is 0 Å². The molecular weight excluding hydrogens is 498 g/mol. The number of aryl methyl sites for hydroxylation is 1. The summed E-state index contributed by atoms with van der Waals surface area (Å²) >= 11 is 0. The number of pyridine rings is 2. The standard InChI is InChI=1S/C32H35N7O/c1-2-23-15-16-29-26(18-23)19-28(32(40)34-29)30(31-35-36-37-39(31)27-13-7-4-8-14-27)38(21-24-10-5-3-6-11-24)22-25-12-9-17-33-20-25/h3,5-6,9-12,15-20,27,30H,2,4,7-8,13-14,21-22H2,1H3,(H,34,40). The van der Waals surface area contributed by atoms with E-state index in [1.807, 2.05) is 47.3 Å². The van der Waals surface area contributed by atoms with Gasteiger partial charge in [0.1, 0.15) is 6.04 Å². The lowest BCUT2D eigenvalue weighted by atomic mass is 9.95. The fraction of sp³-hybridized carbons (Fsp3) is 0.344. The maximum atomic E-state index is 13.8. The van der Waals surface area contributed by atoms with E-state index in [9.17, 15) is 4.79 Å².